The maximum absolute atomic E-state index is 13.3. The van der Waals surface area contributed by atoms with Crippen LogP contribution in [0.2, 0.25) is 0 Å². The third-order valence-corrected chi connectivity index (χ3v) is 6.18. The van der Waals surface area contributed by atoms with Crippen molar-refractivity contribution in [2.24, 2.45) is 0 Å². The number of hydrogen-bond donors (Lipinski definition) is 1. The van der Waals surface area contributed by atoms with Crippen molar-refractivity contribution in [3.05, 3.63) is 63.6 Å². The molecule has 0 aliphatic heterocycles. The van der Waals surface area contributed by atoms with Crippen molar-refractivity contribution >= 4 is 27.7 Å². The van der Waals surface area contributed by atoms with E-state index in [0.29, 0.717) is 25.3 Å². The normalized spacial score (nSPS) is 12.2. The Balaban J connectivity index is 2.21. The molecule has 0 aliphatic rings. The van der Waals surface area contributed by atoms with Gasteiger partial charge in [-0.2, -0.15) is 0 Å². The van der Waals surface area contributed by atoms with Crippen LogP contribution in [0.3, 0.4) is 0 Å². The van der Waals surface area contributed by atoms with Crippen molar-refractivity contribution in [1.82, 2.24) is 10.2 Å². The number of benzene rings is 2. The van der Waals surface area contributed by atoms with Crippen molar-refractivity contribution in [2.45, 2.75) is 72.4 Å². The van der Waals surface area contributed by atoms with Gasteiger partial charge in [-0.15, -0.1) is 0 Å². The molecule has 0 saturated carbocycles. The molecule has 1 N–H and O–H groups in total. The third kappa shape index (κ3) is 7.88. The Labute approximate surface area is 207 Å². The highest BCUT2D eigenvalue weighted by Gasteiger charge is 2.29. The maximum Gasteiger partial charge on any atom is 0.261 e. The summed E-state index contributed by atoms with van der Waals surface area (Å²) >= 11 is 3.57. The lowest BCUT2D eigenvalue weighted by Crippen LogP contribution is -2.50. The highest BCUT2D eigenvalue weighted by Crippen LogP contribution is 2.31. The minimum atomic E-state index is -0.555. The molecule has 0 unspecified atom stereocenters. The molecule has 2 amide bonds. The Hall–Kier alpha value is -2.34. The molecule has 33 heavy (non-hydrogen) atoms. The average Bonchev–Trinajstić information content (AvgIpc) is 2.77. The quantitative estimate of drug-likeness (QED) is 0.436. The monoisotopic (exact) mass is 516 g/mol. The molecule has 0 fully saturated rings. The molecule has 2 aromatic carbocycles. The first kappa shape index (κ1) is 26.9. The zero-order valence-electron chi connectivity index (χ0n) is 20.7. The Kier molecular flexibility index (Phi) is 9.96. The fourth-order valence-electron chi connectivity index (χ4n) is 3.48. The molecule has 2 rings (SSSR count). The van der Waals surface area contributed by atoms with Gasteiger partial charge in [-0.05, 0) is 64.4 Å². The van der Waals surface area contributed by atoms with E-state index in [1.807, 2.05) is 63.2 Å². The molecule has 0 aromatic heterocycles. The molecular formula is C27H37BrN2O3. The van der Waals surface area contributed by atoms with E-state index in [4.69, 9.17) is 4.74 Å². The molecule has 2 aromatic rings. The van der Waals surface area contributed by atoms with Gasteiger partial charge in [0.25, 0.3) is 5.91 Å². The number of carbonyl (C=O) groups is 2. The first-order chi connectivity index (χ1) is 15.6. The third-order valence-electron chi connectivity index (χ3n) is 5.56. The number of nitrogens with zero attached hydrogens (tertiary/aromatic N) is 1. The fraction of sp³-hybridized carbons (Fsp3) is 0.481. The number of halogens is 1. The predicted molar refractivity (Wildman–Crippen MR) is 137 cm³/mol. The predicted octanol–water partition coefficient (Wildman–Crippen LogP) is 5.77. The number of aryl methyl sites for hydroxylation is 1. The van der Waals surface area contributed by atoms with Gasteiger partial charge in [0.15, 0.2) is 6.61 Å². The van der Waals surface area contributed by atoms with E-state index in [-0.39, 0.29) is 23.8 Å². The number of ether oxygens (including phenoxy) is 1. The van der Waals surface area contributed by atoms with Crippen molar-refractivity contribution in [3.8, 4) is 5.75 Å². The summed E-state index contributed by atoms with van der Waals surface area (Å²) in [6, 6.07) is 13.4. The van der Waals surface area contributed by atoms with Crippen LogP contribution in [0.15, 0.2) is 46.9 Å². The first-order valence-electron chi connectivity index (χ1n) is 11.6. The van der Waals surface area contributed by atoms with E-state index in [0.717, 1.165) is 22.0 Å². The van der Waals surface area contributed by atoms with Crippen LogP contribution in [-0.2, 0) is 21.5 Å². The Morgan fingerprint density at radius 3 is 2.30 bits per heavy atom. The SMILES string of the molecule is CCCNC(=O)[C@H](CC)N(Cc1ccc(C)cc1)C(=O)COc1ccc(C(C)(C)C)cc1Br. The van der Waals surface area contributed by atoms with Crippen LogP contribution in [0.5, 0.6) is 5.75 Å². The smallest absolute Gasteiger partial charge is 0.261 e. The van der Waals surface area contributed by atoms with Crippen LogP contribution in [0.1, 0.15) is 64.2 Å². The summed E-state index contributed by atoms with van der Waals surface area (Å²) in [5.41, 5.74) is 3.32. The van der Waals surface area contributed by atoms with E-state index >= 15 is 0 Å². The van der Waals surface area contributed by atoms with Crippen molar-refractivity contribution < 1.29 is 14.3 Å². The van der Waals surface area contributed by atoms with Gasteiger partial charge >= 0.3 is 0 Å². The highest BCUT2D eigenvalue weighted by atomic mass is 79.9. The summed E-state index contributed by atoms with van der Waals surface area (Å²) in [4.78, 5) is 27.8. The van der Waals surface area contributed by atoms with Gasteiger partial charge in [0, 0.05) is 13.1 Å². The number of nitrogens with one attached hydrogen (secondary N) is 1. The van der Waals surface area contributed by atoms with E-state index in [1.54, 1.807) is 4.90 Å². The van der Waals surface area contributed by atoms with Gasteiger partial charge in [-0.3, -0.25) is 9.59 Å². The Morgan fingerprint density at radius 2 is 1.76 bits per heavy atom. The topological polar surface area (TPSA) is 58.6 Å². The first-order valence-corrected chi connectivity index (χ1v) is 12.4. The van der Waals surface area contributed by atoms with Gasteiger partial charge in [-0.1, -0.05) is 70.5 Å². The molecule has 180 valence electrons. The van der Waals surface area contributed by atoms with E-state index in [1.165, 1.54) is 5.56 Å². The maximum atomic E-state index is 13.3. The van der Waals surface area contributed by atoms with Crippen LogP contribution in [-0.4, -0.2) is 35.9 Å². The van der Waals surface area contributed by atoms with E-state index in [2.05, 4.69) is 42.0 Å². The van der Waals surface area contributed by atoms with Crippen molar-refractivity contribution in [3.63, 3.8) is 0 Å². The summed E-state index contributed by atoms with van der Waals surface area (Å²) in [7, 11) is 0. The zero-order chi connectivity index (χ0) is 24.6. The molecule has 0 saturated heterocycles. The number of carbonyl (C=O) groups excluding carboxylic acids is 2. The Bertz CT molecular complexity index is 935. The minimum Gasteiger partial charge on any atom is -0.483 e. The zero-order valence-corrected chi connectivity index (χ0v) is 22.3. The number of rotatable bonds is 10. The highest BCUT2D eigenvalue weighted by molar-refractivity contribution is 9.10. The van der Waals surface area contributed by atoms with Crippen LogP contribution in [0.25, 0.3) is 0 Å². The lowest BCUT2D eigenvalue weighted by Gasteiger charge is -2.30. The van der Waals surface area contributed by atoms with Gasteiger partial charge in [0.2, 0.25) is 5.91 Å². The largest absolute Gasteiger partial charge is 0.483 e. The molecule has 0 spiro atoms. The average molecular weight is 518 g/mol. The fourth-order valence-corrected chi connectivity index (χ4v) is 3.98. The summed E-state index contributed by atoms with van der Waals surface area (Å²) in [5.74, 6) is 0.256. The van der Waals surface area contributed by atoms with Crippen LogP contribution < -0.4 is 10.1 Å². The second-order valence-electron chi connectivity index (χ2n) is 9.41. The molecule has 0 bridgehead atoms. The van der Waals surface area contributed by atoms with Crippen LogP contribution in [0, 0.1) is 6.92 Å². The van der Waals surface area contributed by atoms with Crippen LogP contribution >= 0.6 is 15.9 Å². The second-order valence-corrected chi connectivity index (χ2v) is 10.3. The minimum absolute atomic E-state index is 0.0158. The Morgan fingerprint density at radius 1 is 1.09 bits per heavy atom. The summed E-state index contributed by atoms with van der Waals surface area (Å²) < 4.78 is 6.70. The van der Waals surface area contributed by atoms with E-state index in [9.17, 15) is 9.59 Å². The molecule has 5 nitrogen and oxygen atoms in total. The van der Waals surface area contributed by atoms with Gasteiger partial charge in [-0.25, -0.2) is 0 Å². The standard InChI is InChI=1S/C27H37BrN2O3/c1-7-15-29-26(32)23(8-2)30(17-20-11-9-19(3)10-12-20)25(31)18-33-24-14-13-21(16-22(24)28)27(4,5)6/h9-14,16,23H,7-8,15,17-18H2,1-6H3,(H,29,32)/t23-/m0/s1. The lowest BCUT2D eigenvalue weighted by molar-refractivity contribution is -0.143. The van der Waals surface area contributed by atoms with E-state index < -0.39 is 6.04 Å². The second kappa shape index (κ2) is 12.2. The summed E-state index contributed by atoms with van der Waals surface area (Å²) in [5, 5.41) is 2.94. The summed E-state index contributed by atoms with van der Waals surface area (Å²) in [6.45, 7) is 13.2. The molecule has 0 radical (unpaired) electrons. The molecular weight excluding hydrogens is 480 g/mol. The van der Waals surface area contributed by atoms with Crippen molar-refractivity contribution in [1.29, 1.82) is 0 Å². The van der Waals surface area contributed by atoms with Gasteiger partial charge in [0.1, 0.15) is 11.8 Å². The molecule has 6 heteroatoms. The summed E-state index contributed by atoms with van der Waals surface area (Å²) in [6.07, 6.45) is 1.37. The van der Waals surface area contributed by atoms with Gasteiger partial charge in [0.05, 0.1) is 4.47 Å². The van der Waals surface area contributed by atoms with Crippen molar-refractivity contribution in [2.75, 3.05) is 13.2 Å². The molecule has 0 heterocycles. The molecule has 0 aliphatic carbocycles. The number of amides is 2. The number of hydrogen-bond acceptors (Lipinski definition) is 3. The van der Waals surface area contributed by atoms with Gasteiger partial charge < -0.3 is 15.0 Å². The lowest BCUT2D eigenvalue weighted by atomic mass is 9.87. The van der Waals surface area contributed by atoms with Crippen LogP contribution in [0.4, 0.5) is 0 Å². The molecule has 1 atom stereocenters.